The van der Waals surface area contributed by atoms with E-state index in [0.717, 1.165) is 5.92 Å². The molecule has 0 spiro atoms. The van der Waals surface area contributed by atoms with E-state index in [-0.39, 0.29) is 0 Å². The lowest BCUT2D eigenvalue weighted by molar-refractivity contribution is 0.394. The van der Waals surface area contributed by atoms with Crippen LogP contribution in [0.5, 0.6) is 0 Å². The van der Waals surface area contributed by atoms with Gasteiger partial charge in [0, 0.05) is 0 Å². The van der Waals surface area contributed by atoms with Gasteiger partial charge in [0.15, 0.2) is 0 Å². The maximum atomic E-state index is 2.46. The lowest BCUT2D eigenvalue weighted by atomic mass is 9.79. The predicted molar refractivity (Wildman–Crippen MR) is 73.5 cm³/mol. The Labute approximate surface area is 102 Å². The van der Waals surface area contributed by atoms with Gasteiger partial charge in [-0.05, 0) is 36.2 Å². The Balaban J connectivity index is 2.59. The topological polar surface area (TPSA) is 0 Å². The van der Waals surface area contributed by atoms with Crippen LogP contribution in [0.25, 0.3) is 0 Å². The second-order valence-electron chi connectivity index (χ2n) is 5.91. The summed E-state index contributed by atoms with van der Waals surface area (Å²) in [6.45, 7) is 9.39. The highest BCUT2D eigenvalue weighted by molar-refractivity contribution is 5.27. The summed E-state index contributed by atoms with van der Waals surface area (Å²) < 4.78 is 0. The summed E-state index contributed by atoms with van der Waals surface area (Å²) in [4.78, 5) is 0. The minimum absolute atomic E-state index is 0.371. The van der Waals surface area contributed by atoms with Crippen molar-refractivity contribution in [2.45, 2.75) is 66.2 Å². The molecule has 1 rings (SSSR count). The fourth-order valence-electron chi connectivity index (χ4n) is 2.40. The largest absolute Gasteiger partial charge is 0.0814 e. The lowest BCUT2D eigenvalue weighted by Crippen LogP contribution is -2.13. The zero-order valence-corrected chi connectivity index (χ0v) is 11.6. The molecule has 16 heavy (non-hydrogen) atoms. The fourth-order valence-corrected chi connectivity index (χ4v) is 2.40. The zero-order valence-electron chi connectivity index (χ0n) is 11.6. The van der Waals surface area contributed by atoms with E-state index in [0.29, 0.717) is 5.41 Å². The molecule has 1 unspecified atom stereocenters. The minimum atomic E-state index is 0.371. The van der Waals surface area contributed by atoms with Crippen LogP contribution in [0.3, 0.4) is 0 Å². The molecule has 1 aliphatic rings. The summed E-state index contributed by atoms with van der Waals surface area (Å²) in [5, 5.41) is 0. The molecule has 0 radical (unpaired) electrons. The Hall–Kier alpha value is -0.520. The maximum Gasteiger partial charge on any atom is -0.0107 e. The molecular weight excluding hydrogens is 192 g/mol. The van der Waals surface area contributed by atoms with Gasteiger partial charge in [0.2, 0.25) is 0 Å². The van der Waals surface area contributed by atoms with Gasteiger partial charge in [-0.3, -0.25) is 0 Å². The Morgan fingerprint density at radius 3 is 2.75 bits per heavy atom. The maximum absolute atomic E-state index is 2.46. The van der Waals surface area contributed by atoms with Crippen LogP contribution in [0.4, 0.5) is 0 Å². The first-order chi connectivity index (χ1) is 7.56. The molecule has 0 bridgehead atoms. The SMILES string of the molecule is CCCCCC(C)(C)C1=CCCC(C)C=C1. The van der Waals surface area contributed by atoms with Crippen LogP contribution in [0.1, 0.15) is 66.2 Å². The van der Waals surface area contributed by atoms with Gasteiger partial charge in [0.1, 0.15) is 0 Å². The average Bonchev–Trinajstić information content (AvgIpc) is 2.43. The van der Waals surface area contributed by atoms with Crippen molar-refractivity contribution in [2.75, 3.05) is 0 Å². The molecule has 0 heterocycles. The van der Waals surface area contributed by atoms with Crippen molar-refractivity contribution in [1.29, 1.82) is 0 Å². The summed E-state index contributed by atoms with van der Waals surface area (Å²) in [6.07, 6.45) is 15.2. The van der Waals surface area contributed by atoms with Crippen LogP contribution in [-0.2, 0) is 0 Å². The molecule has 0 saturated carbocycles. The third-order valence-corrected chi connectivity index (χ3v) is 3.78. The van der Waals surface area contributed by atoms with Gasteiger partial charge in [0.25, 0.3) is 0 Å². The van der Waals surface area contributed by atoms with E-state index in [4.69, 9.17) is 0 Å². The predicted octanol–water partition coefficient (Wildman–Crippen LogP) is 5.51. The second-order valence-corrected chi connectivity index (χ2v) is 5.91. The van der Waals surface area contributed by atoms with Crippen LogP contribution < -0.4 is 0 Å². The molecule has 0 aromatic rings. The quantitative estimate of drug-likeness (QED) is 0.536. The second kappa shape index (κ2) is 6.27. The van der Waals surface area contributed by atoms with Crippen molar-refractivity contribution < 1.29 is 0 Å². The molecule has 0 aliphatic heterocycles. The van der Waals surface area contributed by atoms with Gasteiger partial charge in [-0.15, -0.1) is 0 Å². The van der Waals surface area contributed by atoms with Crippen LogP contribution in [-0.4, -0.2) is 0 Å². The standard InChI is InChI=1S/C16H28/c1-5-6-7-13-16(3,4)15-10-8-9-14(2)11-12-15/h10-12,14H,5-9,13H2,1-4H3. The van der Waals surface area contributed by atoms with E-state index in [2.05, 4.69) is 45.9 Å². The monoisotopic (exact) mass is 220 g/mol. The average molecular weight is 220 g/mol. The first-order valence-electron chi connectivity index (χ1n) is 6.95. The van der Waals surface area contributed by atoms with Gasteiger partial charge in [-0.2, -0.15) is 0 Å². The first kappa shape index (κ1) is 13.5. The van der Waals surface area contributed by atoms with E-state index in [1.165, 1.54) is 38.5 Å². The molecule has 0 aromatic heterocycles. The van der Waals surface area contributed by atoms with E-state index in [1.54, 1.807) is 5.57 Å². The fraction of sp³-hybridized carbons (Fsp3) is 0.750. The smallest absolute Gasteiger partial charge is 0.0107 e. The van der Waals surface area contributed by atoms with Gasteiger partial charge in [-0.1, -0.05) is 65.2 Å². The lowest BCUT2D eigenvalue weighted by Gasteiger charge is -2.26. The number of hydrogen-bond acceptors (Lipinski definition) is 0. The molecule has 0 heteroatoms. The highest BCUT2D eigenvalue weighted by Crippen LogP contribution is 2.35. The summed E-state index contributed by atoms with van der Waals surface area (Å²) in [5.41, 5.74) is 1.93. The normalized spacial score (nSPS) is 21.8. The van der Waals surface area contributed by atoms with Gasteiger partial charge in [-0.25, -0.2) is 0 Å². The zero-order chi connectivity index (χ0) is 12.0. The Kier molecular flexibility index (Phi) is 5.31. The summed E-state index contributed by atoms with van der Waals surface area (Å²) in [7, 11) is 0. The highest BCUT2D eigenvalue weighted by Gasteiger charge is 2.21. The number of unbranched alkanes of at least 4 members (excludes halogenated alkanes) is 2. The van der Waals surface area contributed by atoms with Gasteiger partial charge in [0.05, 0.1) is 0 Å². The van der Waals surface area contributed by atoms with E-state index < -0.39 is 0 Å². The molecule has 1 atom stereocenters. The summed E-state index contributed by atoms with van der Waals surface area (Å²) in [5.74, 6) is 0.750. The third kappa shape index (κ3) is 4.15. The van der Waals surface area contributed by atoms with E-state index in [9.17, 15) is 0 Å². The Morgan fingerprint density at radius 2 is 2.06 bits per heavy atom. The number of hydrogen-bond donors (Lipinski definition) is 0. The molecule has 0 saturated heterocycles. The van der Waals surface area contributed by atoms with Crippen molar-refractivity contribution in [3.8, 4) is 0 Å². The molecule has 0 fully saturated rings. The molecule has 92 valence electrons. The minimum Gasteiger partial charge on any atom is -0.0814 e. The molecule has 0 amide bonds. The van der Waals surface area contributed by atoms with E-state index in [1.807, 2.05) is 0 Å². The summed E-state index contributed by atoms with van der Waals surface area (Å²) >= 11 is 0. The van der Waals surface area contributed by atoms with Crippen LogP contribution in [0.15, 0.2) is 23.8 Å². The van der Waals surface area contributed by atoms with Crippen LogP contribution in [0.2, 0.25) is 0 Å². The van der Waals surface area contributed by atoms with Crippen molar-refractivity contribution in [3.05, 3.63) is 23.8 Å². The van der Waals surface area contributed by atoms with Crippen LogP contribution >= 0.6 is 0 Å². The third-order valence-electron chi connectivity index (χ3n) is 3.78. The van der Waals surface area contributed by atoms with Crippen molar-refractivity contribution in [3.63, 3.8) is 0 Å². The molecule has 0 N–H and O–H groups in total. The van der Waals surface area contributed by atoms with Crippen molar-refractivity contribution >= 4 is 0 Å². The van der Waals surface area contributed by atoms with Gasteiger partial charge < -0.3 is 0 Å². The number of rotatable bonds is 5. The molecule has 0 nitrogen and oxygen atoms in total. The van der Waals surface area contributed by atoms with Gasteiger partial charge >= 0.3 is 0 Å². The van der Waals surface area contributed by atoms with Crippen LogP contribution in [0, 0.1) is 11.3 Å². The Morgan fingerprint density at radius 1 is 1.31 bits per heavy atom. The van der Waals surface area contributed by atoms with E-state index >= 15 is 0 Å². The molecular formula is C16H28. The van der Waals surface area contributed by atoms with Crippen molar-refractivity contribution in [2.24, 2.45) is 11.3 Å². The number of allylic oxidation sites excluding steroid dienone is 4. The molecule has 0 aromatic carbocycles. The highest BCUT2D eigenvalue weighted by atomic mass is 14.3. The first-order valence-corrected chi connectivity index (χ1v) is 6.95. The summed E-state index contributed by atoms with van der Waals surface area (Å²) in [6, 6.07) is 0. The Bertz CT molecular complexity index is 255. The molecule has 1 aliphatic carbocycles. The van der Waals surface area contributed by atoms with Crippen molar-refractivity contribution in [1.82, 2.24) is 0 Å².